The number of aryl methyl sites for hydroxylation is 2. The molecule has 0 amide bonds. The fourth-order valence-electron chi connectivity index (χ4n) is 9.71. The Labute approximate surface area is 301 Å². The summed E-state index contributed by atoms with van der Waals surface area (Å²) >= 11 is 0. The molecule has 1 atom stereocenters. The van der Waals surface area contributed by atoms with Crippen molar-refractivity contribution < 1.29 is 0 Å². The van der Waals surface area contributed by atoms with Gasteiger partial charge in [-0.1, -0.05) is 103 Å². The molecule has 0 saturated heterocycles. The van der Waals surface area contributed by atoms with Crippen LogP contribution in [0.5, 0.6) is 0 Å². The van der Waals surface area contributed by atoms with E-state index in [1.165, 1.54) is 116 Å². The Balaban J connectivity index is 0.000000138. The molecule has 1 unspecified atom stereocenters. The van der Waals surface area contributed by atoms with Crippen LogP contribution in [0.1, 0.15) is 74.0 Å². The maximum Gasteiger partial charge on any atom is 0.0495 e. The summed E-state index contributed by atoms with van der Waals surface area (Å²) in [5, 5.41) is 6.97. The average Bonchev–Trinajstić information content (AvgIpc) is 3.69. The van der Waals surface area contributed by atoms with Crippen molar-refractivity contribution in [3.63, 3.8) is 0 Å². The fraction of sp³-hybridized carbons (Fsp3) is 0.184. The number of fused-ring (bicyclic) bond motifs is 3. The molecule has 2 heteroatoms. The summed E-state index contributed by atoms with van der Waals surface area (Å²) in [5.41, 5.74) is 22.0. The number of benzene rings is 5. The molecule has 2 nitrogen and oxygen atoms in total. The van der Waals surface area contributed by atoms with Crippen LogP contribution in [0.25, 0.3) is 71.3 Å². The minimum atomic E-state index is 0.337. The van der Waals surface area contributed by atoms with Gasteiger partial charge in [-0.15, -0.1) is 0 Å². The normalized spacial score (nSPS) is 16.9. The van der Waals surface area contributed by atoms with E-state index in [4.69, 9.17) is 0 Å². The van der Waals surface area contributed by atoms with Crippen molar-refractivity contribution in [3.05, 3.63) is 160 Å². The van der Waals surface area contributed by atoms with Gasteiger partial charge < -0.3 is 9.13 Å². The van der Waals surface area contributed by atoms with E-state index in [1.54, 1.807) is 0 Å². The topological polar surface area (TPSA) is 9.86 Å². The van der Waals surface area contributed by atoms with Crippen molar-refractivity contribution in [3.8, 4) is 11.1 Å². The lowest BCUT2D eigenvalue weighted by molar-refractivity contribution is 0.915. The molecule has 0 fully saturated rings. The van der Waals surface area contributed by atoms with Gasteiger partial charge in [0, 0.05) is 64.0 Å². The highest BCUT2D eigenvalue weighted by Gasteiger charge is 2.36. The van der Waals surface area contributed by atoms with Gasteiger partial charge in [0.15, 0.2) is 0 Å². The summed E-state index contributed by atoms with van der Waals surface area (Å²) in [6.45, 7) is 13.2. The predicted octanol–water partition coefficient (Wildman–Crippen LogP) is 13.2. The molecule has 51 heavy (non-hydrogen) atoms. The van der Waals surface area contributed by atoms with Crippen LogP contribution in [0.4, 0.5) is 0 Å². The first kappa shape index (κ1) is 31.4. The lowest BCUT2D eigenvalue weighted by Gasteiger charge is -2.17. The summed E-state index contributed by atoms with van der Waals surface area (Å²) in [4.78, 5) is 0. The molecule has 10 rings (SSSR count). The van der Waals surface area contributed by atoms with E-state index < -0.39 is 0 Å². The first-order chi connectivity index (χ1) is 24.8. The van der Waals surface area contributed by atoms with Crippen LogP contribution in [0.3, 0.4) is 0 Å². The molecule has 2 aromatic heterocycles. The van der Waals surface area contributed by atoms with E-state index in [0.29, 0.717) is 5.92 Å². The highest BCUT2D eigenvalue weighted by atomic mass is 14.9. The third-order valence-electron chi connectivity index (χ3n) is 12.1. The molecular weight excluding hydrogens is 617 g/mol. The summed E-state index contributed by atoms with van der Waals surface area (Å²) in [6, 6.07) is 31.6. The minimum absolute atomic E-state index is 0.337. The van der Waals surface area contributed by atoms with Gasteiger partial charge in [0.05, 0.1) is 0 Å². The third-order valence-corrected chi connectivity index (χ3v) is 12.1. The van der Waals surface area contributed by atoms with E-state index in [-0.39, 0.29) is 0 Å². The highest BCUT2D eigenvalue weighted by molar-refractivity contribution is 6.21. The van der Waals surface area contributed by atoms with Crippen molar-refractivity contribution >= 4 is 60.2 Å². The fourth-order valence-corrected chi connectivity index (χ4v) is 9.71. The quantitative estimate of drug-likeness (QED) is 0.175. The Bertz CT molecular complexity index is 2820. The zero-order chi connectivity index (χ0) is 35.3. The highest BCUT2D eigenvalue weighted by Crippen LogP contribution is 2.56. The molecule has 3 aliphatic rings. The molecule has 0 N–H and O–H groups in total. The number of nitrogens with zero attached hydrogens (tertiary/aromatic N) is 2. The largest absolute Gasteiger partial charge is 0.347 e. The standard InChI is InChI=1S/C26H21N.C23H23N/c1-4-8-16-15(2)23-19-10-6-5-9-17(19)20-13-14-22-26(25(20)23)24-18(16)11-7-12-21(24)27(22)3;1-6-9-18-14(3)19-11-8-10-16-12-13-20-23(22(16)19)21(17(18)7-2)15(4)24(20)5/h4-14,23H,1-3H3;6-13H,1-5H3/b8-4-;9-6-,17-7?. The number of aromatic nitrogens is 2. The van der Waals surface area contributed by atoms with Crippen molar-refractivity contribution in [2.24, 2.45) is 14.1 Å². The first-order valence-corrected chi connectivity index (χ1v) is 18.3. The monoisotopic (exact) mass is 660 g/mol. The van der Waals surface area contributed by atoms with Crippen LogP contribution >= 0.6 is 0 Å². The number of rotatable bonds is 2. The maximum atomic E-state index is 2.36. The van der Waals surface area contributed by atoms with Crippen LogP contribution in [0.2, 0.25) is 0 Å². The molecule has 5 aromatic carbocycles. The van der Waals surface area contributed by atoms with Crippen LogP contribution in [0.15, 0.2) is 126 Å². The molecule has 0 saturated carbocycles. The number of hydrogen-bond donors (Lipinski definition) is 0. The summed E-state index contributed by atoms with van der Waals surface area (Å²) < 4.78 is 4.70. The molecule has 250 valence electrons. The van der Waals surface area contributed by atoms with Crippen molar-refractivity contribution in [1.82, 2.24) is 9.13 Å². The van der Waals surface area contributed by atoms with Crippen LogP contribution in [-0.2, 0) is 14.1 Å². The zero-order valence-electron chi connectivity index (χ0n) is 30.9. The van der Waals surface area contributed by atoms with E-state index in [0.717, 1.165) is 0 Å². The molecule has 0 radical (unpaired) electrons. The van der Waals surface area contributed by atoms with E-state index in [2.05, 4.69) is 180 Å². The molecular formula is C49H44N2. The van der Waals surface area contributed by atoms with Gasteiger partial charge in [0.1, 0.15) is 0 Å². The predicted molar refractivity (Wildman–Crippen MR) is 221 cm³/mol. The van der Waals surface area contributed by atoms with Gasteiger partial charge in [0.25, 0.3) is 0 Å². The van der Waals surface area contributed by atoms with Gasteiger partial charge in [-0.05, 0) is 126 Å². The van der Waals surface area contributed by atoms with Gasteiger partial charge in [-0.3, -0.25) is 0 Å². The Morgan fingerprint density at radius 3 is 2.00 bits per heavy atom. The summed E-state index contributed by atoms with van der Waals surface area (Å²) in [6.07, 6.45) is 11.2. The van der Waals surface area contributed by atoms with Gasteiger partial charge >= 0.3 is 0 Å². The summed E-state index contributed by atoms with van der Waals surface area (Å²) in [5.74, 6) is 0.337. The smallest absolute Gasteiger partial charge is 0.0495 e. The Morgan fingerprint density at radius 2 is 1.22 bits per heavy atom. The van der Waals surface area contributed by atoms with Gasteiger partial charge in [-0.2, -0.15) is 0 Å². The van der Waals surface area contributed by atoms with Gasteiger partial charge in [0.2, 0.25) is 0 Å². The first-order valence-electron chi connectivity index (χ1n) is 18.3. The molecule has 0 spiro atoms. The number of hydrogen-bond acceptors (Lipinski definition) is 0. The Kier molecular flexibility index (Phi) is 7.06. The Hall–Kier alpha value is -5.60. The van der Waals surface area contributed by atoms with Crippen molar-refractivity contribution in [2.45, 2.75) is 47.5 Å². The molecule has 7 aromatic rings. The van der Waals surface area contributed by atoms with E-state index >= 15 is 0 Å². The molecule has 0 aliphatic heterocycles. The van der Waals surface area contributed by atoms with E-state index in [1.807, 2.05) is 0 Å². The lowest BCUT2D eigenvalue weighted by Crippen LogP contribution is -2.00. The molecule has 3 aliphatic carbocycles. The third kappa shape index (κ3) is 4.11. The zero-order valence-corrected chi connectivity index (χ0v) is 30.9. The van der Waals surface area contributed by atoms with Gasteiger partial charge in [-0.25, -0.2) is 0 Å². The molecule has 2 heterocycles. The SMILES string of the molecule is C/C=C\C1=C(C)C2c3ccccc3-c3ccc4c(c32)c2c1cccc2n4C.CC=C1C(/C=C\C)=C(C)c2cccc3ccc4c(c1c(C)n4C)c23. The second-order valence-corrected chi connectivity index (χ2v) is 14.4. The lowest BCUT2D eigenvalue weighted by atomic mass is 9.86. The number of allylic oxidation sites excluding steroid dienone is 10. The van der Waals surface area contributed by atoms with Crippen molar-refractivity contribution in [2.75, 3.05) is 0 Å². The second-order valence-electron chi connectivity index (χ2n) is 14.4. The maximum absolute atomic E-state index is 2.36. The molecule has 0 bridgehead atoms. The second kappa shape index (κ2) is 11.5. The van der Waals surface area contributed by atoms with Crippen LogP contribution < -0.4 is 0 Å². The Morgan fingerprint density at radius 1 is 0.549 bits per heavy atom. The van der Waals surface area contributed by atoms with E-state index in [9.17, 15) is 0 Å². The average molecular weight is 661 g/mol. The summed E-state index contributed by atoms with van der Waals surface area (Å²) in [7, 11) is 4.38. The van der Waals surface area contributed by atoms with Crippen molar-refractivity contribution in [1.29, 1.82) is 0 Å². The van der Waals surface area contributed by atoms with Crippen LogP contribution in [0, 0.1) is 6.92 Å². The van der Waals surface area contributed by atoms with Crippen LogP contribution in [-0.4, -0.2) is 9.13 Å². The minimum Gasteiger partial charge on any atom is -0.347 e.